The topological polar surface area (TPSA) is 30.0 Å². The number of carbonyl (C=O) groups excluding carboxylic acids is 1. The molecular formula is C16H17NO. The molecule has 0 saturated carbocycles. The standard InChI is InChI=1S/C16H17NO/c1-3-4-13-5-7-14(8-6-13)16(18)15-9-12(2)10-17-11-15/h5-11H,3-4H2,1-2H3. The Balaban J connectivity index is 2.23. The molecule has 18 heavy (non-hydrogen) atoms. The smallest absolute Gasteiger partial charge is 0.194 e. The summed E-state index contributed by atoms with van der Waals surface area (Å²) in [4.78, 5) is 16.3. The molecule has 1 heterocycles. The van der Waals surface area contributed by atoms with Crippen LogP contribution in [0.5, 0.6) is 0 Å². The summed E-state index contributed by atoms with van der Waals surface area (Å²) in [5, 5.41) is 0. The van der Waals surface area contributed by atoms with Gasteiger partial charge in [-0.25, -0.2) is 0 Å². The van der Waals surface area contributed by atoms with Crippen LogP contribution in [0, 0.1) is 6.92 Å². The van der Waals surface area contributed by atoms with Gasteiger partial charge in [-0.15, -0.1) is 0 Å². The van der Waals surface area contributed by atoms with Crippen molar-refractivity contribution in [2.45, 2.75) is 26.7 Å². The van der Waals surface area contributed by atoms with Gasteiger partial charge in [0.25, 0.3) is 0 Å². The molecule has 0 aliphatic heterocycles. The first-order valence-corrected chi connectivity index (χ1v) is 6.26. The Morgan fingerprint density at radius 3 is 2.44 bits per heavy atom. The minimum Gasteiger partial charge on any atom is -0.289 e. The molecular weight excluding hydrogens is 222 g/mol. The molecule has 0 aliphatic carbocycles. The number of ketones is 1. The van der Waals surface area contributed by atoms with Gasteiger partial charge >= 0.3 is 0 Å². The lowest BCUT2D eigenvalue weighted by atomic mass is 10.0. The third-order valence-electron chi connectivity index (χ3n) is 2.89. The summed E-state index contributed by atoms with van der Waals surface area (Å²) in [6.07, 6.45) is 5.55. The van der Waals surface area contributed by atoms with Crippen LogP contribution in [0.4, 0.5) is 0 Å². The second-order valence-corrected chi connectivity index (χ2v) is 4.53. The average molecular weight is 239 g/mol. The lowest BCUT2D eigenvalue weighted by Crippen LogP contribution is -2.02. The van der Waals surface area contributed by atoms with Crippen LogP contribution in [-0.2, 0) is 6.42 Å². The van der Waals surface area contributed by atoms with Crippen LogP contribution in [0.2, 0.25) is 0 Å². The molecule has 0 saturated heterocycles. The molecule has 0 bridgehead atoms. The van der Waals surface area contributed by atoms with Crippen LogP contribution in [0.3, 0.4) is 0 Å². The lowest BCUT2D eigenvalue weighted by Gasteiger charge is -2.03. The number of nitrogens with zero attached hydrogens (tertiary/aromatic N) is 1. The van der Waals surface area contributed by atoms with E-state index in [2.05, 4.69) is 11.9 Å². The minimum atomic E-state index is 0.0363. The Hall–Kier alpha value is -1.96. The van der Waals surface area contributed by atoms with E-state index in [-0.39, 0.29) is 5.78 Å². The molecule has 0 amide bonds. The van der Waals surface area contributed by atoms with Crippen LogP contribution in [0.15, 0.2) is 42.7 Å². The molecule has 2 heteroatoms. The average Bonchev–Trinajstić information content (AvgIpc) is 2.39. The first-order valence-electron chi connectivity index (χ1n) is 6.26. The Kier molecular flexibility index (Phi) is 3.88. The van der Waals surface area contributed by atoms with E-state index in [1.807, 2.05) is 37.3 Å². The van der Waals surface area contributed by atoms with Gasteiger partial charge in [0.15, 0.2) is 5.78 Å². The lowest BCUT2D eigenvalue weighted by molar-refractivity contribution is 0.103. The molecule has 0 aliphatic rings. The van der Waals surface area contributed by atoms with E-state index >= 15 is 0 Å². The molecule has 2 nitrogen and oxygen atoms in total. The van der Waals surface area contributed by atoms with Gasteiger partial charge in [-0.1, -0.05) is 37.6 Å². The third kappa shape index (κ3) is 2.83. The minimum absolute atomic E-state index is 0.0363. The number of aryl methyl sites for hydroxylation is 2. The molecule has 0 spiro atoms. The first kappa shape index (κ1) is 12.5. The summed E-state index contributed by atoms with van der Waals surface area (Å²) in [6, 6.07) is 9.72. The van der Waals surface area contributed by atoms with Gasteiger partial charge in [-0.3, -0.25) is 9.78 Å². The number of hydrogen-bond acceptors (Lipinski definition) is 2. The van der Waals surface area contributed by atoms with Crippen LogP contribution >= 0.6 is 0 Å². The van der Waals surface area contributed by atoms with Crippen LogP contribution < -0.4 is 0 Å². The van der Waals surface area contributed by atoms with Gasteiger partial charge in [-0.2, -0.15) is 0 Å². The fourth-order valence-corrected chi connectivity index (χ4v) is 1.96. The zero-order chi connectivity index (χ0) is 13.0. The summed E-state index contributed by atoms with van der Waals surface area (Å²) in [5.41, 5.74) is 3.65. The molecule has 0 radical (unpaired) electrons. The number of hydrogen-bond donors (Lipinski definition) is 0. The second-order valence-electron chi connectivity index (χ2n) is 4.53. The maximum Gasteiger partial charge on any atom is 0.194 e. The molecule has 1 aromatic carbocycles. The molecule has 0 unspecified atom stereocenters. The van der Waals surface area contributed by atoms with Gasteiger partial charge in [0, 0.05) is 23.5 Å². The van der Waals surface area contributed by atoms with Crippen molar-refractivity contribution >= 4 is 5.78 Å². The van der Waals surface area contributed by atoms with E-state index in [1.165, 1.54) is 5.56 Å². The number of rotatable bonds is 4. The van der Waals surface area contributed by atoms with Crippen molar-refractivity contribution in [3.05, 3.63) is 65.0 Å². The van der Waals surface area contributed by atoms with Crippen LogP contribution in [-0.4, -0.2) is 10.8 Å². The van der Waals surface area contributed by atoms with Crippen molar-refractivity contribution in [2.24, 2.45) is 0 Å². The Bertz CT molecular complexity index is 543. The van der Waals surface area contributed by atoms with Crippen molar-refractivity contribution in [1.82, 2.24) is 4.98 Å². The molecule has 0 N–H and O–H groups in total. The molecule has 0 atom stereocenters. The van der Waals surface area contributed by atoms with Gasteiger partial charge < -0.3 is 0 Å². The Morgan fingerprint density at radius 2 is 1.83 bits per heavy atom. The number of benzene rings is 1. The Labute approximate surface area is 108 Å². The first-order chi connectivity index (χ1) is 8.70. The number of aromatic nitrogens is 1. The van der Waals surface area contributed by atoms with Gasteiger partial charge in [0.1, 0.15) is 0 Å². The highest BCUT2D eigenvalue weighted by Crippen LogP contribution is 2.12. The highest BCUT2D eigenvalue weighted by Gasteiger charge is 2.09. The molecule has 92 valence electrons. The van der Waals surface area contributed by atoms with Gasteiger partial charge in [0.2, 0.25) is 0 Å². The SMILES string of the molecule is CCCc1ccc(C(=O)c2cncc(C)c2)cc1. The molecule has 2 aromatic rings. The van der Waals surface area contributed by atoms with Gasteiger partial charge in [0.05, 0.1) is 0 Å². The summed E-state index contributed by atoms with van der Waals surface area (Å²) in [6.45, 7) is 4.09. The largest absolute Gasteiger partial charge is 0.289 e. The van der Waals surface area contributed by atoms with Crippen molar-refractivity contribution in [1.29, 1.82) is 0 Å². The second kappa shape index (κ2) is 5.58. The number of carbonyl (C=O) groups is 1. The molecule has 1 aromatic heterocycles. The fraction of sp³-hybridized carbons (Fsp3) is 0.250. The molecule has 2 rings (SSSR count). The summed E-state index contributed by atoms with van der Waals surface area (Å²) in [7, 11) is 0. The highest BCUT2D eigenvalue weighted by molar-refractivity contribution is 6.08. The summed E-state index contributed by atoms with van der Waals surface area (Å²) >= 11 is 0. The zero-order valence-corrected chi connectivity index (χ0v) is 10.8. The maximum atomic E-state index is 12.2. The van der Waals surface area contributed by atoms with Crippen molar-refractivity contribution < 1.29 is 4.79 Å². The predicted octanol–water partition coefficient (Wildman–Crippen LogP) is 3.57. The Morgan fingerprint density at radius 1 is 1.11 bits per heavy atom. The number of pyridine rings is 1. The van der Waals surface area contributed by atoms with E-state index < -0.39 is 0 Å². The van der Waals surface area contributed by atoms with E-state index in [0.717, 1.165) is 24.0 Å². The van der Waals surface area contributed by atoms with E-state index in [9.17, 15) is 4.79 Å². The zero-order valence-electron chi connectivity index (χ0n) is 10.8. The normalized spacial score (nSPS) is 10.3. The van der Waals surface area contributed by atoms with Crippen molar-refractivity contribution in [3.8, 4) is 0 Å². The summed E-state index contributed by atoms with van der Waals surface area (Å²) < 4.78 is 0. The predicted molar refractivity (Wildman–Crippen MR) is 72.8 cm³/mol. The maximum absolute atomic E-state index is 12.2. The monoisotopic (exact) mass is 239 g/mol. The molecule has 0 fully saturated rings. The quantitative estimate of drug-likeness (QED) is 0.763. The van der Waals surface area contributed by atoms with E-state index in [4.69, 9.17) is 0 Å². The highest BCUT2D eigenvalue weighted by atomic mass is 16.1. The fourth-order valence-electron chi connectivity index (χ4n) is 1.96. The third-order valence-corrected chi connectivity index (χ3v) is 2.89. The van der Waals surface area contributed by atoms with Crippen LogP contribution in [0.25, 0.3) is 0 Å². The van der Waals surface area contributed by atoms with E-state index in [1.54, 1.807) is 12.4 Å². The van der Waals surface area contributed by atoms with Crippen molar-refractivity contribution in [2.75, 3.05) is 0 Å². The van der Waals surface area contributed by atoms with Gasteiger partial charge in [-0.05, 0) is 30.5 Å². The van der Waals surface area contributed by atoms with E-state index in [0.29, 0.717) is 5.56 Å². The summed E-state index contributed by atoms with van der Waals surface area (Å²) in [5.74, 6) is 0.0363. The van der Waals surface area contributed by atoms with Crippen molar-refractivity contribution in [3.63, 3.8) is 0 Å². The van der Waals surface area contributed by atoms with Crippen LogP contribution in [0.1, 0.15) is 40.4 Å².